The first-order valence-corrected chi connectivity index (χ1v) is 11.6. The monoisotopic (exact) mass is 428 g/mol. The van der Waals surface area contributed by atoms with Crippen LogP contribution in [0.25, 0.3) is 11.2 Å². The van der Waals surface area contributed by atoms with Crippen LogP contribution in [0.4, 0.5) is 0 Å². The van der Waals surface area contributed by atoms with E-state index in [1.165, 1.54) is 12.7 Å². The van der Waals surface area contributed by atoms with Crippen LogP contribution in [0.5, 0.6) is 0 Å². The first kappa shape index (κ1) is 20.4. The second kappa shape index (κ2) is 8.88. The van der Waals surface area contributed by atoms with Crippen molar-refractivity contribution in [3.05, 3.63) is 54.2 Å². The van der Waals surface area contributed by atoms with E-state index in [9.17, 15) is 13.2 Å². The Balaban J connectivity index is 1.26. The molecule has 0 radical (unpaired) electrons. The zero-order valence-electron chi connectivity index (χ0n) is 16.5. The number of rotatable bonds is 7. The fourth-order valence-corrected chi connectivity index (χ4v) is 5.18. The van der Waals surface area contributed by atoms with Crippen LogP contribution in [0.15, 0.2) is 43.0 Å². The summed E-state index contributed by atoms with van der Waals surface area (Å²) >= 11 is 0. The Kier molecular flexibility index (Phi) is 6.05. The number of sulfonamides is 1. The van der Waals surface area contributed by atoms with Crippen LogP contribution < -0.4 is 5.32 Å². The molecular formula is C20H24N6O3S. The Morgan fingerprint density at radius 3 is 2.67 bits per heavy atom. The van der Waals surface area contributed by atoms with Gasteiger partial charge in [-0.2, -0.15) is 0 Å². The lowest BCUT2D eigenvalue weighted by Gasteiger charge is -2.31. The predicted molar refractivity (Wildman–Crippen MR) is 112 cm³/mol. The molecule has 10 heteroatoms. The fraction of sp³-hybridized carbons (Fsp3) is 0.400. The van der Waals surface area contributed by atoms with Gasteiger partial charge in [-0.1, -0.05) is 30.3 Å². The van der Waals surface area contributed by atoms with Crippen molar-refractivity contribution in [3.63, 3.8) is 0 Å². The lowest BCUT2D eigenvalue weighted by atomic mass is 9.98. The second-order valence-corrected chi connectivity index (χ2v) is 9.51. The van der Waals surface area contributed by atoms with Gasteiger partial charge in [-0.25, -0.2) is 27.7 Å². The number of piperidine rings is 1. The SMILES string of the molecule is O=C(NCC1CCN(S(=O)(=O)CCc2ccccc2)CC1)c1ncnc2[nH]cnc12. The third-order valence-corrected chi connectivity index (χ3v) is 7.31. The maximum absolute atomic E-state index is 12.6. The number of benzene rings is 1. The van der Waals surface area contributed by atoms with Crippen LogP contribution in [0.3, 0.4) is 0 Å². The normalized spacial score (nSPS) is 16.0. The Hall–Kier alpha value is -2.85. The highest BCUT2D eigenvalue weighted by Gasteiger charge is 2.28. The summed E-state index contributed by atoms with van der Waals surface area (Å²) in [5, 5.41) is 2.90. The van der Waals surface area contributed by atoms with Crippen molar-refractivity contribution in [2.24, 2.45) is 5.92 Å². The number of aryl methyl sites for hydroxylation is 1. The number of H-pyrrole nitrogens is 1. The molecule has 1 saturated heterocycles. The maximum atomic E-state index is 12.6. The molecule has 1 amide bonds. The van der Waals surface area contributed by atoms with Crippen molar-refractivity contribution < 1.29 is 13.2 Å². The number of nitrogens with one attached hydrogen (secondary N) is 2. The molecule has 0 bridgehead atoms. The van der Waals surface area contributed by atoms with Crippen molar-refractivity contribution in [1.82, 2.24) is 29.6 Å². The zero-order valence-corrected chi connectivity index (χ0v) is 17.3. The van der Waals surface area contributed by atoms with Gasteiger partial charge in [0.1, 0.15) is 11.8 Å². The molecule has 0 saturated carbocycles. The van der Waals surface area contributed by atoms with Crippen molar-refractivity contribution in [3.8, 4) is 0 Å². The molecule has 9 nitrogen and oxygen atoms in total. The molecular weight excluding hydrogens is 404 g/mol. The second-order valence-electron chi connectivity index (χ2n) is 7.43. The molecule has 1 fully saturated rings. The van der Waals surface area contributed by atoms with Crippen molar-refractivity contribution >= 4 is 27.1 Å². The van der Waals surface area contributed by atoms with E-state index >= 15 is 0 Å². The van der Waals surface area contributed by atoms with Gasteiger partial charge in [-0.3, -0.25) is 4.79 Å². The summed E-state index contributed by atoms with van der Waals surface area (Å²) in [6.45, 7) is 1.44. The average Bonchev–Trinajstić information content (AvgIpc) is 3.26. The number of imidazole rings is 1. The lowest BCUT2D eigenvalue weighted by molar-refractivity contribution is 0.0938. The minimum atomic E-state index is -3.28. The van der Waals surface area contributed by atoms with E-state index in [1.54, 1.807) is 4.31 Å². The first-order chi connectivity index (χ1) is 14.5. The number of carbonyl (C=O) groups excluding carboxylic acids is 1. The van der Waals surface area contributed by atoms with Gasteiger partial charge in [0.2, 0.25) is 10.0 Å². The van der Waals surface area contributed by atoms with Gasteiger partial charge < -0.3 is 10.3 Å². The van der Waals surface area contributed by atoms with E-state index in [0.29, 0.717) is 50.1 Å². The molecule has 1 aliphatic rings. The van der Waals surface area contributed by atoms with Gasteiger partial charge >= 0.3 is 0 Å². The van der Waals surface area contributed by atoms with E-state index in [4.69, 9.17) is 0 Å². The number of hydrogen-bond acceptors (Lipinski definition) is 6. The molecule has 0 spiro atoms. The van der Waals surface area contributed by atoms with E-state index in [0.717, 1.165) is 5.56 Å². The van der Waals surface area contributed by atoms with Crippen molar-refractivity contribution in [2.75, 3.05) is 25.4 Å². The van der Waals surface area contributed by atoms with Crippen LogP contribution in [-0.2, 0) is 16.4 Å². The summed E-state index contributed by atoms with van der Waals surface area (Å²) in [4.78, 5) is 27.5. The fourth-order valence-electron chi connectivity index (χ4n) is 3.66. The highest BCUT2D eigenvalue weighted by molar-refractivity contribution is 7.89. The summed E-state index contributed by atoms with van der Waals surface area (Å²) < 4.78 is 26.9. The standard InChI is InChI=1S/C20H24N6O3S/c27-20(18-17-19(24-13-22-17)25-14-23-18)21-12-16-6-9-26(10-7-16)30(28,29)11-8-15-4-2-1-3-5-15/h1-5,13-14,16H,6-12H2,(H,21,27)(H,22,23,24,25). The minimum Gasteiger partial charge on any atom is -0.350 e. The van der Waals surface area contributed by atoms with Crippen LogP contribution in [0.1, 0.15) is 28.9 Å². The summed E-state index contributed by atoms with van der Waals surface area (Å²) in [6, 6.07) is 9.64. The van der Waals surface area contributed by atoms with Gasteiger partial charge in [0, 0.05) is 19.6 Å². The van der Waals surface area contributed by atoms with Gasteiger partial charge in [-0.05, 0) is 30.7 Å². The van der Waals surface area contributed by atoms with Crippen molar-refractivity contribution in [2.45, 2.75) is 19.3 Å². The van der Waals surface area contributed by atoms with Gasteiger partial charge in [0.05, 0.1) is 12.1 Å². The van der Waals surface area contributed by atoms with E-state index < -0.39 is 10.0 Å². The number of fused-ring (bicyclic) bond motifs is 1. The van der Waals surface area contributed by atoms with Gasteiger partial charge in [0.15, 0.2) is 11.3 Å². The number of aromatic amines is 1. The largest absolute Gasteiger partial charge is 0.350 e. The molecule has 4 rings (SSSR count). The molecule has 158 valence electrons. The van der Waals surface area contributed by atoms with Crippen LogP contribution >= 0.6 is 0 Å². The Morgan fingerprint density at radius 2 is 1.90 bits per heavy atom. The predicted octanol–water partition coefficient (Wildman–Crippen LogP) is 1.37. The topological polar surface area (TPSA) is 121 Å². The smallest absolute Gasteiger partial charge is 0.272 e. The summed E-state index contributed by atoms with van der Waals surface area (Å²) in [5.41, 5.74) is 2.22. The molecule has 30 heavy (non-hydrogen) atoms. The lowest BCUT2D eigenvalue weighted by Crippen LogP contribution is -2.42. The van der Waals surface area contributed by atoms with Crippen molar-refractivity contribution in [1.29, 1.82) is 0 Å². The van der Waals surface area contributed by atoms with Gasteiger partial charge in [-0.15, -0.1) is 0 Å². The third kappa shape index (κ3) is 4.65. The van der Waals surface area contributed by atoms with Crippen LogP contribution in [0.2, 0.25) is 0 Å². The zero-order chi connectivity index (χ0) is 21.0. The number of aromatic nitrogens is 4. The quantitative estimate of drug-likeness (QED) is 0.586. The minimum absolute atomic E-state index is 0.117. The molecule has 0 unspecified atom stereocenters. The maximum Gasteiger partial charge on any atom is 0.272 e. The Labute approximate surface area is 175 Å². The molecule has 1 aromatic carbocycles. The molecule has 2 aromatic heterocycles. The molecule has 0 atom stereocenters. The number of carbonyl (C=O) groups is 1. The Morgan fingerprint density at radius 1 is 1.13 bits per heavy atom. The third-order valence-electron chi connectivity index (χ3n) is 5.44. The average molecular weight is 429 g/mol. The first-order valence-electron chi connectivity index (χ1n) is 9.97. The molecule has 3 heterocycles. The molecule has 2 N–H and O–H groups in total. The van der Waals surface area contributed by atoms with E-state index in [-0.39, 0.29) is 23.3 Å². The summed E-state index contributed by atoms with van der Waals surface area (Å²) in [5.74, 6) is 0.0460. The Bertz CT molecular complexity index is 1110. The number of amides is 1. The highest BCUT2D eigenvalue weighted by atomic mass is 32.2. The van der Waals surface area contributed by atoms with E-state index in [1.807, 2.05) is 30.3 Å². The number of hydrogen-bond donors (Lipinski definition) is 2. The summed E-state index contributed by atoms with van der Waals surface area (Å²) in [7, 11) is -3.28. The van der Waals surface area contributed by atoms with Crippen LogP contribution in [-0.4, -0.2) is 64.0 Å². The summed E-state index contributed by atoms with van der Waals surface area (Å²) in [6.07, 6.45) is 4.75. The molecule has 0 aliphatic carbocycles. The van der Waals surface area contributed by atoms with Crippen LogP contribution in [0, 0.1) is 5.92 Å². The molecule has 3 aromatic rings. The van der Waals surface area contributed by atoms with Gasteiger partial charge in [0.25, 0.3) is 5.91 Å². The molecule has 1 aliphatic heterocycles. The highest BCUT2D eigenvalue weighted by Crippen LogP contribution is 2.20. The number of nitrogens with zero attached hydrogens (tertiary/aromatic N) is 4. The van der Waals surface area contributed by atoms with E-state index in [2.05, 4.69) is 25.3 Å².